The second-order valence-electron chi connectivity index (χ2n) is 1.94. The van der Waals surface area contributed by atoms with Gasteiger partial charge in [0.05, 0.1) is 0 Å². The predicted molar refractivity (Wildman–Crippen MR) is 41.1 cm³/mol. The van der Waals surface area contributed by atoms with Gasteiger partial charge in [0, 0.05) is 0 Å². The van der Waals surface area contributed by atoms with Crippen molar-refractivity contribution in [2.24, 2.45) is 0 Å². The van der Waals surface area contributed by atoms with E-state index < -0.39 is 0 Å². The summed E-state index contributed by atoms with van der Waals surface area (Å²) in [7, 11) is 0. The first-order chi connectivity index (χ1) is 4.88. The van der Waals surface area contributed by atoms with Crippen LogP contribution >= 0.6 is 0 Å². The molecule has 2 nitrogen and oxygen atoms in total. The van der Waals surface area contributed by atoms with Gasteiger partial charge in [0.15, 0.2) is 0 Å². The van der Waals surface area contributed by atoms with Gasteiger partial charge < -0.3 is 0 Å². The Balaban J connectivity index is 2.95. The molecule has 0 aliphatic carbocycles. The van der Waals surface area contributed by atoms with Crippen molar-refractivity contribution >= 4 is 5.70 Å². The third-order valence-corrected chi connectivity index (χ3v) is 1.35. The summed E-state index contributed by atoms with van der Waals surface area (Å²) in [5, 5.41) is 0. The standard InChI is InChI=1S/C8H10N2/c1-3-8(4-2)10-6-5-9-7-10/h3-7H,1H2,2H3/p+1. The molecule has 0 spiro atoms. The molecule has 0 amide bonds. The average molecular weight is 135 g/mol. The SMILES string of the molecule is C=CC(=CC)[n+]1cc[nH]c1. The number of aromatic amines is 1. The Bertz CT molecular complexity index is 232. The maximum Gasteiger partial charge on any atom is 0.246 e. The molecule has 1 aromatic heterocycles. The number of rotatable bonds is 2. The van der Waals surface area contributed by atoms with Gasteiger partial charge >= 0.3 is 0 Å². The van der Waals surface area contributed by atoms with Gasteiger partial charge in [-0.05, 0) is 19.1 Å². The van der Waals surface area contributed by atoms with Gasteiger partial charge in [-0.3, -0.25) is 0 Å². The molecular weight excluding hydrogens is 124 g/mol. The number of nitrogens with one attached hydrogen (secondary N) is 1. The van der Waals surface area contributed by atoms with Crippen LogP contribution in [0.5, 0.6) is 0 Å². The fourth-order valence-corrected chi connectivity index (χ4v) is 0.823. The summed E-state index contributed by atoms with van der Waals surface area (Å²) in [6.45, 7) is 5.67. The quantitative estimate of drug-likeness (QED) is 0.466. The average Bonchev–Trinajstić information content (AvgIpc) is 2.43. The summed E-state index contributed by atoms with van der Waals surface area (Å²) < 4.78 is 1.97. The van der Waals surface area contributed by atoms with E-state index in [-0.39, 0.29) is 0 Å². The first-order valence-corrected chi connectivity index (χ1v) is 3.21. The Morgan fingerprint density at radius 1 is 1.70 bits per heavy atom. The summed E-state index contributed by atoms with van der Waals surface area (Å²) in [5.74, 6) is 0. The highest BCUT2D eigenvalue weighted by Crippen LogP contribution is 1.91. The third-order valence-electron chi connectivity index (χ3n) is 1.35. The highest BCUT2D eigenvalue weighted by atomic mass is 15.0. The van der Waals surface area contributed by atoms with Crippen LogP contribution in [0, 0.1) is 0 Å². The zero-order valence-electron chi connectivity index (χ0n) is 6.04. The summed E-state index contributed by atoms with van der Waals surface area (Å²) >= 11 is 0. The van der Waals surface area contributed by atoms with Gasteiger partial charge in [0.25, 0.3) is 0 Å². The summed E-state index contributed by atoms with van der Waals surface area (Å²) in [6.07, 6.45) is 9.50. The Hall–Kier alpha value is -1.31. The molecule has 0 aliphatic heterocycles. The van der Waals surface area contributed by atoms with Crippen molar-refractivity contribution in [3.8, 4) is 0 Å². The van der Waals surface area contributed by atoms with Gasteiger partial charge in [0.1, 0.15) is 18.1 Å². The highest BCUT2D eigenvalue weighted by molar-refractivity contribution is 5.44. The molecule has 10 heavy (non-hydrogen) atoms. The van der Waals surface area contributed by atoms with Crippen LogP contribution in [0.25, 0.3) is 5.70 Å². The largest absolute Gasteiger partial charge is 0.250 e. The lowest BCUT2D eigenvalue weighted by molar-refractivity contribution is -0.576. The molecule has 2 heteroatoms. The smallest absolute Gasteiger partial charge is 0.246 e. The van der Waals surface area contributed by atoms with Crippen molar-refractivity contribution in [2.75, 3.05) is 0 Å². The second-order valence-corrected chi connectivity index (χ2v) is 1.94. The first-order valence-electron chi connectivity index (χ1n) is 3.21. The lowest BCUT2D eigenvalue weighted by Gasteiger charge is -1.90. The van der Waals surface area contributed by atoms with E-state index >= 15 is 0 Å². The number of H-pyrrole nitrogens is 1. The van der Waals surface area contributed by atoms with E-state index in [2.05, 4.69) is 11.6 Å². The van der Waals surface area contributed by atoms with Crippen LogP contribution in [0.2, 0.25) is 0 Å². The number of allylic oxidation sites excluding steroid dienone is 3. The minimum absolute atomic E-state index is 1.08. The molecule has 0 unspecified atom stereocenters. The van der Waals surface area contributed by atoms with Crippen LogP contribution in [0.4, 0.5) is 0 Å². The van der Waals surface area contributed by atoms with Gasteiger partial charge in [-0.1, -0.05) is 6.58 Å². The lowest BCUT2D eigenvalue weighted by Crippen LogP contribution is -2.27. The van der Waals surface area contributed by atoms with Crippen LogP contribution in [0.1, 0.15) is 6.92 Å². The van der Waals surface area contributed by atoms with E-state index in [1.807, 2.05) is 42.4 Å². The fourth-order valence-electron chi connectivity index (χ4n) is 0.823. The van der Waals surface area contributed by atoms with Crippen LogP contribution in [0.3, 0.4) is 0 Å². The second kappa shape index (κ2) is 3.01. The van der Waals surface area contributed by atoms with Crippen LogP contribution in [0.15, 0.2) is 37.5 Å². The number of hydrogen-bond donors (Lipinski definition) is 1. The van der Waals surface area contributed by atoms with Crippen molar-refractivity contribution in [2.45, 2.75) is 6.92 Å². The maximum atomic E-state index is 3.68. The molecule has 1 heterocycles. The summed E-state index contributed by atoms with van der Waals surface area (Å²) in [5.41, 5.74) is 1.08. The molecule has 1 N–H and O–H groups in total. The molecule has 0 saturated heterocycles. The monoisotopic (exact) mass is 135 g/mol. The Morgan fingerprint density at radius 2 is 2.50 bits per heavy atom. The van der Waals surface area contributed by atoms with Crippen molar-refractivity contribution in [1.82, 2.24) is 4.98 Å². The van der Waals surface area contributed by atoms with Crippen LogP contribution in [-0.2, 0) is 0 Å². The third kappa shape index (κ3) is 1.16. The van der Waals surface area contributed by atoms with Crippen molar-refractivity contribution in [1.29, 1.82) is 0 Å². The molecule has 52 valence electrons. The molecule has 0 aliphatic rings. The zero-order chi connectivity index (χ0) is 7.40. The lowest BCUT2D eigenvalue weighted by atomic mass is 10.4. The van der Waals surface area contributed by atoms with Crippen molar-refractivity contribution < 1.29 is 4.57 Å². The summed E-state index contributed by atoms with van der Waals surface area (Å²) in [4.78, 5) is 2.95. The molecule has 0 saturated carbocycles. The number of nitrogens with zero attached hydrogens (tertiary/aromatic N) is 1. The first kappa shape index (κ1) is 6.81. The Labute approximate surface area is 60.5 Å². The maximum absolute atomic E-state index is 3.68. The van der Waals surface area contributed by atoms with E-state index in [9.17, 15) is 0 Å². The molecule has 1 aromatic rings. The van der Waals surface area contributed by atoms with Crippen LogP contribution in [-0.4, -0.2) is 4.98 Å². The normalized spacial score (nSPS) is 11.5. The van der Waals surface area contributed by atoms with Crippen molar-refractivity contribution in [3.63, 3.8) is 0 Å². The molecule has 0 radical (unpaired) electrons. The number of aromatic nitrogens is 2. The van der Waals surface area contributed by atoms with E-state index in [0.29, 0.717) is 0 Å². The molecular formula is C8H11N2+. The van der Waals surface area contributed by atoms with Gasteiger partial charge in [-0.15, -0.1) is 0 Å². The van der Waals surface area contributed by atoms with Crippen molar-refractivity contribution in [3.05, 3.63) is 37.5 Å². The topological polar surface area (TPSA) is 19.7 Å². The molecule has 0 fully saturated rings. The zero-order valence-corrected chi connectivity index (χ0v) is 6.04. The molecule has 1 rings (SSSR count). The summed E-state index contributed by atoms with van der Waals surface area (Å²) in [6, 6.07) is 0. The molecule has 0 bridgehead atoms. The van der Waals surface area contributed by atoms with E-state index in [1.165, 1.54) is 0 Å². The number of hydrogen-bond acceptors (Lipinski definition) is 0. The van der Waals surface area contributed by atoms with Gasteiger partial charge in [0.2, 0.25) is 6.33 Å². The van der Waals surface area contributed by atoms with Gasteiger partial charge in [-0.25, -0.2) is 9.55 Å². The molecule has 0 atom stereocenters. The minimum atomic E-state index is 1.08. The molecule has 0 aromatic carbocycles. The Kier molecular flexibility index (Phi) is 2.05. The highest BCUT2D eigenvalue weighted by Gasteiger charge is 1.97. The van der Waals surface area contributed by atoms with E-state index in [1.54, 1.807) is 0 Å². The van der Waals surface area contributed by atoms with E-state index in [0.717, 1.165) is 5.70 Å². The fraction of sp³-hybridized carbons (Fsp3) is 0.125. The number of imidazole rings is 1. The van der Waals surface area contributed by atoms with E-state index in [4.69, 9.17) is 0 Å². The Morgan fingerprint density at radius 3 is 2.90 bits per heavy atom. The van der Waals surface area contributed by atoms with Gasteiger partial charge in [-0.2, -0.15) is 0 Å². The predicted octanol–water partition coefficient (Wildman–Crippen LogP) is 1.35. The minimum Gasteiger partial charge on any atom is -0.250 e. The van der Waals surface area contributed by atoms with Crippen LogP contribution < -0.4 is 4.57 Å².